The average Bonchev–Trinajstić information content (AvgIpc) is 3.46. The molecule has 0 saturated heterocycles. The van der Waals surface area contributed by atoms with Gasteiger partial charge in [-0.3, -0.25) is 9.36 Å². The number of imidazole rings is 1. The van der Waals surface area contributed by atoms with Crippen LogP contribution in [0.1, 0.15) is 15.9 Å². The number of para-hydroxylation sites is 1. The first-order valence-electron chi connectivity index (χ1n) is 9.75. The van der Waals surface area contributed by atoms with E-state index in [1.165, 1.54) is 12.1 Å². The maximum atomic E-state index is 12.9. The molecule has 3 aromatic carbocycles. The van der Waals surface area contributed by atoms with E-state index in [1.807, 2.05) is 54.6 Å². The molecule has 0 bridgehead atoms. The van der Waals surface area contributed by atoms with E-state index in [0.29, 0.717) is 22.5 Å². The molecule has 9 nitrogen and oxygen atoms in total. The van der Waals surface area contributed by atoms with Crippen molar-refractivity contribution in [3.8, 4) is 22.7 Å². The first-order chi connectivity index (χ1) is 15.4. The third kappa shape index (κ3) is 4.60. The van der Waals surface area contributed by atoms with Crippen LogP contribution in [-0.2, 0) is 4.57 Å². The minimum absolute atomic E-state index is 0. The summed E-state index contributed by atoms with van der Waals surface area (Å²) in [6, 6.07) is 24.8. The van der Waals surface area contributed by atoms with Gasteiger partial charge in [-0.05, 0) is 29.8 Å². The summed E-state index contributed by atoms with van der Waals surface area (Å²) in [7, 11) is -4.49. The second-order valence-electron chi connectivity index (χ2n) is 7.25. The number of carbonyl (C=O) groups excluding carboxylic acids is 1. The Hall–Kier alpha value is -3.85. The summed E-state index contributed by atoms with van der Waals surface area (Å²) in [5.41, 5.74) is 3.79. The average molecular weight is 480 g/mol. The number of ketones is 1. The van der Waals surface area contributed by atoms with Crippen LogP contribution in [0.2, 0.25) is 0 Å². The van der Waals surface area contributed by atoms with E-state index < -0.39 is 13.1 Å². The van der Waals surface area contributed by atoms with Gasteiger partial charge >= 0.3 is 7.60 Å². The molecule has 34 heavy (non-hydrogen) atoms. The van der Waals surface area contributed by atoms with Gasteiger partial charge in [-0.15, -0.1) is 0 Å². The lowest BCUT2D eigenvalue weighted by atomic mass is 9.97. The number of rotatable bonds is 5. The molecule has 10 heteroatoms. The van der Waals surface area contributed by atoms with Crippen molar-refractivity contribution in [1.29, 1.82) is 0 Å². The molecule has 2 heterocycles. The molecule has 0 aliphatic rings. The zero-order valence-corrected chi connectivity index (χ0v) is 18.5. The Balaban J connectivity index is 0.00000162. The van der Waals surface area contributed by atoms with Crippen molar-refractivity contribution < 1.29 is 34.5 Å². The lowest BCUT2D eigenvalue weighted by Gasteiger charge is -2.06. The number of carbonyl (C=O) groups is 1. The second kappa shape index (κ2) is 9.56. The second-order valence-corrected chi connectivity index (χ2v) is 8.77. The topological polar surface area (TPSA) is 179 Å². The van der Waals surface area contributed by atoms with Crippen molar-refractivity contribution in [3.63, 3.8) is 0 Å². The van der Waals surface area contributed by atoms with Crippen molar-refractivity contribution >= 4 is 29.9 Å². The van der Waals surface area contributed by atoms with Crippen LogP contribution in [0.3, 0.4) is 0 Å². The van der Waals surface area contributed by atoms with Gasteiger partial charge < -0.3 is 30.1 Å². The summed E-state index contributed by atoms with van der Waals surface area (Å²) in [5, 5.41) is 0. The molecule has 0 saturated carbocycles. The zero-order valence-electron chi connectivity index (χ0n) is 17.6. The Bertz CT molecular complexity index is 1500. The third-order valence-corrected chi connectivity index (χ3v) is 5.91. The summed E-state index contributed by atoms with van der Waals surface area (Å²) in [6.07, 6.45) is 0. The minimum Gasteiger partial charge on any atom is -0.445 e. The van der Waals surface area contributed by atoms with Crippen LogP contribution in [0.15, 0.2) is 89.3 Å². The number of hydrogen-bond donors (Lipinski definition) is 3. The molecule has 0 aliphatic carbocycles. The number of aromatic nitrogens is 2. The Morgan fingerprint density at radius 2 is 1.56 bits per heavy atom. The van der Waals surface area contributed by atoms with E-state index in [4.69, 9.17) is 4.42 Å². The molecule has 0 aliphatic heterocycles. The summed E-state index contributed by atoms with van der Waals surface area (Å²) in [5.74, 6) is 0.505. The number of fused-ring (bicyclic) bond motifs is 1. The number of hydrogen-bond acceptors (Lipinski definition) is 4. The van der Waals surface area contributed by atoms with E-state index in [0.717, 1.165) is 16.6 Å². The molecule has 174 valence electrons. The normalized spacial score (nSPS) is 11.0. The molecule has 5 rings (SSSR count). The van der Waals surface area contributed by atoms with Crippen molar-refractivity contribution in [1.82, 2.24) is 9.97 Å². The van der Waals surface area contributed by atoms with Crippen LogP contribution in [0.25, 0.3) is 33.7 Å². The fourth-order valence-electron chi connectivity index (χ4n) is 3.58. The zero-order chi connectivity index (χ0) is 22.3. The highest BCUT2D eigenvalue weighted by molar-refractivity contribution is 7.59. The van der Waals surface area contributed by atoms with Gasteiger partial charge in [0.1, 0.15) is 0 Å². The SMILES string of the molecule is O.O.O=C(c1ccccc1)c1cccc(-c2cccc3[nH]c(-c4ccc(P(=O)(O)O)o4)nc23)c1. The van der Waals surface area contributed by atoms with E-state index in [2.05, 4.69) is 9.97 Å². The van der Waals surface area contributed by atoms with Gasteiger partial charge in [0.2, 0.25) is 5.50 Å². The summed E-state index contributed by atoms with van der Waals surface area (Å²) < 4.78 is 16.7. The predicted molar refractivity (Wildman–Crippen MR) is 128 cm³/mol. The van der Waals surface area contributed by atoms with Gasteiger partial charge in [0.15, 0.2) is 17.4 Å². The molecular weight excluding hydrogens is 459 g/mol. The Morgan fingerprint density at radius 1 is 0.853 bits per heavy atom. The molecule has 5 aromatic rings. The summed E-state index contributed by atoms with van der Waals surface area (Å²) in [6.45, 7) is 0. The largest absolute Gasteiger partial charge is 0.445 e. The maximum absolute atomic E-state index is 12.9. The number of nitrogens with one attached hydrogen (secondary N) is 1. The van der Waals surface area contributed by atoms with Gasteiger partial charge in [-0.25, -0.2) is 4.98 Å². The number of aromatic amines is 1. The Labute approximate surface area is 193 Å². The van der Waals surface area contributed by atoms with Crippen LogP contribution < -0.4 is 5.50 Å². The molecule has 0 atom stereocenters. The van der Waals surface area contributed by atoms with Crippen molar-refractivity contribution in [3.05, 3.63) is 96.1 Å². The van der Waals surface area contributed by atoms with Crippen LogP contribution in [0.4, 0.5) is 0 Å². The molecular formula is C24H21N2O7P. The van der Waals surface area contributed by atoms with Crippen LogP contribution in [-0.4, -0.2) is 36.5 Å². The quantitative estimate of drug-likeness (QED) is 0.257. The lowest BCUT2D eigenvalue weighted by Crippen LogP contribution is -2.00. The van der Waals surface area contributed by atoms with Crippen molar-refractivity contribution in [2.75, 3.05) is 0 Å². The van der Waals surface area contributed by atoms with Crippen LogP contribution >= 0.6 is 7.60 Å². The predicted octanol–water partition coefficient (Wildman–Crippen LogP) is 2.87. The number of benzene rings is 3. The molecule has 0 fully saturated rings. The van der Waals surface area contributed by atoms with Crippen LogP contribution in [0.5, 0.6) is 0 Å². The molecule has 0 unspecified atom stereocenters. The van der Waals surface area contributed by atoms with Crippen molar-refractivity contribution in [2.24, 2.45) is 0 Å². The van der Waals surface area contributed by atoms with Crippen LogP contribution in [0, 0.1) is 0 Å². The highest BCUT2D eigenvalue weighted by Crippen LogP contribution is 2.36. The molecule has 7 N–H and O–H groups in total. The minimum atomic E-state index is -4.49. The monoisotopic (exact) mass is 480 g/mol. The van der Waals surface area contributed by atoms with Crippen molar-refractivity contribution in [2.45, 2.75) is 0 Å². The molecule has 0 radical (unpaired) electrons. The smallest absolute Gasteiger partial charge is 0.391 e. The van der Waals surface area contributed by atoms with E-state index in [1.54, 1.807) is 18.2 Å². The molecule has 2 aromatic heterocycles. The van der Waals surface area contributed by atoms with E-state index in [9.17, 15) is 19.1 Å². The van der Waals surface area contributed by atoms with E-state index in [-0.39, 0.29) is 22.5 Å². The lowest BCUT2D eigenvalue weighted by molar-refractivity contribution is 0.103. The van der Waals surface area contributed by atoms with Gasteiger partial charge in [-0.1, -0.05) is 60.7 Å². The van der Waals surface area contributed by atoms with Gasteiger partial charge in [0.25, 0.3) is 0 Å². The first kappa shape index (κ1) is 24.8. The Kier molecular flexibility index (Phi) is 6.97. The first-order valence-corrected chi connectivity index (χ1v) is 11.4. The highest BCUT2D eigenvalue weighted by Gasteiger charge is 2.23. The summed E-state index contributed by atoms with van der Waals surface area (Å²) in [4.78, 5) is 39.2. The summed E-state index contributed by atoms with van der Waals surface area (Å²) >= 11 is 0. The number of furan rings is 1. The third-order valence-electron chi connectivity index (χ3n) is 5.10. The number of nitrogens with zero attached hydrogens (tertiary/aromatic N) is 1. The molecule has 0 spiro atoms. The highest BCUT2D eigenvalue weighted by atomic mass is 31.2. The van der Waals surface area contributed by atoms with Gasteiger partial charge in [0, 0.05) is 16.7 Å². The number of H-pyrrole nitrogens is 1. The fourth-order valence-corrected chi connectivity index (χ4v) is 4.06. The van der Waals surface area contributed by atoms with Gasteiger partial charge in [0.05, 0.1) is 11.0 Å². The standard InChI is InChI=1S/C24H17N2O5P.2H2O/c27-23(15-6-2-1-3-7-15)17-9-4-8-16(14-17)18-10-5-11-19-22(18)26-24(25-19)20-12-13-21(31-20)32(28,29)30;;/h1-14H,(H,25,26)(H2,28,29,30);2*1H2. The van der Waals surface area contributed by atoms with E-state index >= 15 is 0 Å². The fraction of sp³-hybridized carbons (Fsp3) is 0. The van der Waals surface area contributed by atoms with Gasteiger partial charge in [-0.2, -0.15) is 0 Å². The maximum Gasteiger partial charge on any atom is 0.391 e. The molecule has 0 amide bonds. The Morgan fingerprint density at radius 3 is 2.26 bits per heavy atom.